The fourth-order valence-corrected chi connectivity index (χ4v) is 2.78. The predicted molar refractivity (Wildman–Crippen MR) is 111 cm³/mol. The van der Waals surface area contributed by atoms with E-state index >= 15 is 0 Å². The molecule has 6 heteroatoms. The van der Waals surface area contributed by atoms with E-state index in [4.69, 9.17) is 4.74 Å². The number of anilines is 2. The lowest BCUT2D eigenvalue weighted by molar-refractivity contribution is -0.122. The molecular formula is C22H28N2O4. The molecule has 0 aliphatic rings. The largest absolute Gasteiger partial charge is 0.506 e. The summed E-state index contributed by atoms with van der Waals surface area (Å²) in [5.74, 6) is 0.0992. The lowest BCUT2D eigenvalue weighted by Crippen LogP contribution is -2.32. The zero-order chi connectivity index (χ0) is 20.7. The van der Waals surface area contributed by atoms with Crippen LogP contribution in [0.15, 0.2) is 36.4 Å². The highest BCUT2D eigenvalue weighted by atomic mass is 16.5. The van der Waals surface area contributed by atoms with Crippen LogP contribution < -0.4 is 15.4 Å². The third-order valence-electron chi connectivity index (χ3n) is 4.28. The molecule has 2 aromatic carbocycles. The molecule has 0 saturated heterocycles. The van der Waals surface area contributed by atoms with Crippen molar-refractivity contribution >= 4 is 23.2 Å². The van der Waals surface area contributed by atoms with Gasteiger partial charge in [-0.2, -0.15) is 0 Å². The van der Waals surface area contributed by atoms with Gasteiger partial charge in [0, 0.05) is 18.2 Å². The number of aromatic hydroxyl groups is 1. The Morgan fingerprint density at radius 1 is 1.07 bits per heavy atom. The molecule has 0 aromatic heterocycles. The van der Waals surface area contributed by atoms with Crippen molar-refractivity contribution in [1.82, 2.24) is 0 Å². The molecule has 6 nitrogen and oxygen atoms in total. The van der Waals surface area contributed by atoms with E-state index in [1.165, 1.54) is 6.07 Å². The fourth-order valence-electron chi connectivity index (χ4n) is 2.78. The lowest BCUT2D eigenvalue weighted by Gasteiger charge is -2.19. The molecule has 0 fully saturated rings. The van der Waals surface area contributed by atoms with Crippen LogP contribution in [0, 0.1) is 13.8 Å². The third-order valence-corrected chi connectivity index (χ3v) is 4.28. The van der Waals surface area contributed by atoms with Crippen LogP contribution in [0.5, 0.6) is 11.5 Å². The van der Waals surface area contributed by atoms with E-state index in [0.29, 0.717) is 30.0 Å². The highest BCUT2D eigenvalue weighted by Crippen LogP contribution is 2.27. The number of hydrogen-bond donors (Lipinski definition) is 3. The number of amides is 2. The number of carbonyl (C=O) groups is 2. The Morgan fingerprint density at radius 2 is 1.82 bits per heavy atom. The van der Waals surface area contributed by atoms with Crippen molar-refractivity contribution in [2.75, 3.05) is 10.6 Å². The minimum absolute atomic E-state index is 0.106. The number of nitrogens with one attached hydrogen (secondary N) is 2. The normalized spacial score (nSPS) is 11.6. The second-order valence-electron chi connectivity index (χ2n) is 6.80. The maximum atomic E-state index is 12.6. The van der Waals surface area contributed by atoms with Gasteiger partial charge in [-0.05, 0) is 50.5 Å². The molecule has 1 atom stereocenters. The zero-order valence-electron chi connectivity index (χ0n) is 16.8. The summed E-state index contributed by atoms with van der Waals surface area (Å²) < 4.78 is 5.89. The van der Waals surface area contributed by atoms with Crippen LogP contribution in [-0.2, 0) is 9.59 Å². The highest BCUT2D eigenvalue weighted by Gasteiger charge is 2.20. The number of aryl methyl sites for hydroxylation is 2. The Kier molecular flexibility index (Phi) is 7.44. The van der Waals surface area contributed by atoms with Gasteiger partial charge in [-0.15, -0.1) is 0 Å². The molecule has 0 radical (unpaired) electrons. The first kappa shape index (κ1) is 21.3. The van der Waals surface area contributed by atoms with Crippen molar-refractivity contribution in [3.63, 3.8) is 0 Å². The molecule has 2 rings (SSSR count). The van der Waals surface area contributed by atoms with Gasteiger partial charge in [0.15, 0.2) is 6.10 Å². The first-order chi connectivity index (χ1) is 13.3. The second-order valence-corrected chi connectivity index (χ2v) is 6.80. The molecule has 2 amide bonds. The summed E-state index contributed by atoms with van der Waals surface area (Å²) >= 11 is 0. The Labute approximate surface area is 165 Å². The highest BCUT2D eigenvalue weighted by molar-refractivity contribution is 5.96. The molecule has 1 unspecified atom stereocenters. The van der Waals surface area contributed by atoms with Gasteiger partial charge in [0.05, 0.1) is 5.69 Å². The molecule has 0 spiro atoms. The zero-order valence-corrected chi connectivity index (χ0v) is 16.8. The van der Waals surface area contributed by atoms with Crippen molar-refractivity contribution in [2.24, 2.45) is 0 Å². The van der Waals surface area contributed by atoms with E-state index in [2.05, 4.69) is 10.6 Å². The quantitative estimate of drug-likeness (QED) is 0.583. The Balaban J connectivity index is 2.05. The average molecular weight is 384 g/mol. The minimum Gasteiger partial charge on any atom is -0.506 e. The average Bonchev–Trinajstić information content (AvgIpc) is 2.63. The minimum atomic E-state index is -0.660. The van der Waals surface area contributed by atoms with Crippen LogP contribution in [0.1, 0.15) is 44.2 Å². The van der Waals surface area contributed by atoms with E-state index in [-0.39, 0.29) is 17.6 Å². The van der Waals surface area contributed by atoms with Crippen molar-refractivity contribution in [1.29, 1.82) is 0 Å². The summed E-state index contributed by atoms with van der Waals surface area (Å²) in [7, 11) is 0. The number of phenolic OH excluding ortho intramolecular Hbond substituents is 1. The monoisotopic (exact) mass is 384 g/mol. The van der Waals surface area contributed by atoms with Crippen molar-refractivity contribution in [2.45, 2.75) is 53.1 Å². The molecule has 2 aromatic rings. The van der Waals surface area contributed by atoms with Crippen molar-refractivity contribution < 1.29 is 19.4 Å². The molecule has 0 aliphatic heterocycles. The summed E-state index contributed by atoms with van der Waals surface area (Å²) in [5.41, 5.74) is 2.84. The topological polar surface area (TPSA) is 87.7 Å². The van der Waals surface area contributed by atoms with Crippen molar-refractivity contribution in [3.05, 3.63) is 47.5 Å². The van der Waals surface area contributed by atoms with E-state index in [0.717, 1.165) is 17.5 Å². The Hall–Kier alpha value is -3.02. The van der Waals surface area contributed by atoms with E-state index in [9.17, 15) is 14.7 Å². The Bertz CT molecular complexity index is 848. The van der Waals surface area contributed by atoms with Crippen LogP contribution in [0.3, 0.4) is 0 Å². The first-order valence-electron chi connectivity index (χ1n) is 9.51. The van der Waals surface area contributed by atoms with Crippen LogP contribution >= 0.6 is 0 Å². The maximum Gasteiger partial charge on any atom is 0.265 e. The van der Waals surface area contributed by atoms with Gasteiger partial charge in [0.25, 0.3) is 5.91 Å². The van der Waals surface area contributed by atoms with Crippen LogP contribution in [0.2, 0.25) is 0 Å². The summed E-state index contributed by atoms with van der Waals surface area (Å²) in [4.78, 5) is 24.3. The van der Waals surface area contributed by atoms with Crippen LogP contribution in [0.4, 0.5) is 11.4 Å². The molecular weight excluding hydrogens is 356 g/mol. The standard InChI is InChI=1S/C22H28N2O4/c1-5-7-21(26)24-17-10-9-16(13-18(17)25)23-22(27)19(6-2)28-20-11-8-14(3)12-15(20)4/h8-13,19,25H,5-7H2,1-4H3,(H,23,27)(H,24,26). The van der Waals surface area contributed by atoms with Crippen LogP contribution in [0.25, 0.3) is 0 Å². The van der Waals surface area contributed by atoms with Gasteiger partial charge in [0.2, 0.25) is 5.91 Å². The lowest BCUT2D eigenvalue weighted by atomic mass is 10.1. The van der Waals surface area contributed by atoms with E-state index < -0.39 is 6.10 Å². The second kappa shape index (κ2) is 9.78. The van der Waals surface area contributed by atoms with Gasteiger partial charge in [-0.3, -0.25) is 9.59 Å². The number of carbonyl (C=O) groups excluding carboxylic acids is 2. The summed E-state index contributed by atoms with van der Waals surface area (Å²) in [6.45, 7) is 7.72. The summed E-state index contributed by atoms with van der Waals surface area (Å²) in [6, 6.07) is 10.4. The maximum absolute atomic E-state index is 12.6. The molecule has 0 bridgehead atoms. The number of rotatable bonds is 8. The van der Waals surface area contributed by atoms with Gasteiger partial charge < -0.3 is 20.5 Å². The van der Waals surface area contributed by atoms with E-state index in [1.807, 2.05) is 45.9 Å². The number of hydrogen-bond acceptors (Lipinski definition) is 4. The smallest absolute Gasteiger partial charge is 0.265 e. The summed E-state index contributed by atoms with van der Waals surface area (Å²) in [5, 5.41) is 15.5. The number of benzene rings is 2. The molecule has 0 saturated carbocycles. The molecule has 0 aliphatic carbocycles. The molecule has 3 N–H and O–H groups in total. The summed E-state index contributed by atoms with van der Waals surface area (Å²) in [6.07, 6.45) is 0.939. The molecule has 28 heavy (non-hydrogen) atoms. The third kappa shape index (κ3) is 5.74. The van der Waals surface area contributed by atoms with Gasteiger partial charge in [0.1, 0.15) is 11.5 Å². The van der Waals surface area contributed by atoms with Crippen LogP contribution in [-0.4, -0.2) is 23.0 Å². The fraction of sp³-hybridized carbons (Fsp3) is 0.364. The van der Waals surface area contributed by atoms with E-state index in [1.54, 1.807) is 12.1 Å². The number of ether oxygens (including phenoxy) is 1. The van der Waals surface area contributed by atoms with Gasteiger partial charge in [-0.1, -0.05) is 31.5 Å². The predicted octanol–water partition coefficient (Wildman–Crippen LogP) is 4.54. The molecule has 0 heterocycles. The number of phenols is 1. The molecule has 150 valence electrons. The van der Waals surface area contributed by atoms with Gasteiger partial charge in [-0.25, -0.2) is 0 Å². The van der Waals surface area contributed by atoms with Crippen molar-refractivity contribution in [3.8, 4) is 11.5 Å². The SMILES string of the molecule is CCCC(=O)Nc1ccc(NC(=O)C(CC)Oc2ccc(C)cc2C)cc1O. The Morgan fingerprint density at radius 3 is 2.43 bits per heavy atom. The first-order valence-corrected chi connectivity index (χ1v) is 9.51. The van der Waals surface area contributed by atoms with Gasteiger partial charge >= 0.3 is 0 Å².